The van der Waals surface area contributed by atoms with Gasteiger partial charge < -0.3 is 9.73 Å². The number of hydrogen-bond donors (Lipinski definition) is 1. The predicted octanol–water partition coefficient (Wildman–Crippen LogP) is 7.31. The SMILES string of the molecule is Cl.Clc1ccc(CCNCc2ccc(-c3ccc(Cl)cc3Cl)o2)c(Cl)c1. The fourth-order valence-corrected chi connectivity index (χ4v) is 3.47. The molecule has 0 saturated carbocycles. The van der Waals surface area contributed by atoms with Gasteiger partial charge in [-0.3, -0.25) is 0 Å². The Kier molecular flexibility index (Phi) is 8.15. The second-order valence-corrected chi connectivity index (χ2v) is 7.24. The molecule has 0 aliphatic rings. The van der Waals surface area contributed by atoms with Gasteiger partial charge in [0.1, 0.15) is 11.5 Å². The molecule has 1 heterocycles. The van der Waals surface area contributed by atoms with E-state index in [0.29, 0.717) is 26.6 Å². The summed E-state index contributed by atoms with van der Waals surface area (Å²) in [7, 11) is 0. The topological polar surface area (TPSA) is 25.2 Å². The summed E-state index contributed by atoms with van der Waals surface area (Å²) >= 11 is 24.2. The largest absolute Gasteiger partial charge is 0.460 e. The van der Waals surface area contributed by atoms with Crippen molar-refractivity contribution < 1.29 is 4.42 Å². The van der Waals surface area contributed by atoms with Crippen LogP contribution >= 0.6 is 58.8 Å². The predicted molar refractivity (Wildman–Crippen MR) is 113 cm³/mol. The van der Waals surface area contributed by atoms with E-state index in [4.69, 9.17) is 50.8 Å². The van der Waals surface area contributed by atoms with Crippen LogP contribution < -0.4 is 5.32 Å². The van der Waals surface area contributed by atoms with Gasteiger partial charge in [0.15, 0.2) is 0 Å². The van der Waals surface area contributed by atoms with Gasteiger partial charge in [-0.1, -0.05) is 52.5 Å². The van der Waals surface area contributed by atoms with Crippen LogP contribution in [0.4, 0.5) is 0 Å². The van der Waals surface area contributed by atoms with Crippen LogP contribution in [-0.4, -0.2) is 6.54 Å². The smallest absolute Gasteiger partial charge is 0.135 e. The first-order valence-corrected chi connectivity index (χ1v) is 9.23. The Labute approximate surface area is 178 Å². The highest BCUT2D eigenvalue weighted by Gasteiger charge is 2.09. The lowest BCUT2D eigenvalue weighted by atomic mass is 10.1. The van der Waals surface area contributed by atoms with Crippen molar-refractivity contribution in [2.45, 2.75) is 13.0 Å². The molecule has 0 radical (unpaired) electrons. The maximum absolute atomic E-state index is 6.21. The third-order valence-electron chi connectivity index (χ3n) is 3.74. The molecule has 0 aliphatic carbocycles. The molecular formula is C19H16Cl5NO. The lowest BCUT2D eigenvalue weighted by Gasteiger charge is -2.06. The maximum atomic E-state index is 6.21. The zero-order valence-corrected chi connectivity index (χ0v) is 17.4. The Hall–Kier alpha value is -0.870. The third kappa shape index (κ3) is 5.56. The van der Waals surface area contributed by atoms with Crippen molar-refractivity contribution in [1.82, 2.24) is 5.32 Å². The number of furan rings is 1. The molecule has 0 amide bonds. The molecule has 3 rings (SSSR count). The minimum absolute atomic E-state index is 0. The molecule has 138 valence electrons. The van der Waals surface area contributed by atoms with E-state index in [-0.39, 0.29) is 12.4 Å². The molecule has 0 bridgehead atoms. The molecule has 2 nitrogen and oxygen atoms in total. The number of nitrogens with one attached hydrogen (secondary N) is 1. The lowest BCUT2D eigenvalue weighted by molar-refractivity contribution is 0.495. The van der Waals surface area contributed by atoms with Crippen molar-refractivity contribution in [3.05, 3.63) is 79.9 Å². The van der Waals surface area contributed by atoms with Crippen LogP contribution in [0.25, 0.3) is 11.3 Å². The highest BCUT2D eigenvalue weighted by atomic mass is 35.5. The van der Waals surface area contributed by atoms with Crippen LogP contribution in [-0.2, 0) is 13.0 Å². The summed E-state index contributed by atoms with van der Waals surface area (Å²) in [4.78, 5) is 0. The monoisotopic (exact) mass is 449 g/mol. The Bertz CT molecular complexity index is 878. The molecule has 0 fully saturated rings. The molecule has 0 saturated heterocycles. The quantitative estimate of drug-likeness (QED) is 0.397. The van der Waals surface area contributed by atoms with E-state index in [0.717, 1.165) is 35.6 Å². The van der Waals surface area contributed by atoms with Crippen molar-refractivity contribution in [2.24, 2.45) is 0 Å². The first-order chi connectivity index (χ1) is 12.0. The third-order valence-corrected chi connectivity index (χ3v) is 4.88. The highest BCUT2D eigenvalue weighted by molar-refractivity contribution is 6.36. The summed E-state index contributed by atoms with van der Waals surface area (Å²) in [6, 6.07) is 14.7. The molecular weight excluding hydrogens is 435 g/mol. The first kappa shape index (κ1) is 21.4. The van der Waals surface area contributed by atoms with Crippen LogP contribution in [0.15, 0.2) is 52.9 Å². The molecule has 26 heavy (non-hydrogen) atoms. The molecule has 0 unspecified atom stereocenters. The van der Waals surface area contributed by atoms with Crippen molar-refractivity contribution in [3.8, 4) is 11.3 Å². The molecule has 0 atom stereocenters. The number of benzene rings is 2. The van der Waals surface area contributed by atoms with Crippen molar-refractivity contribution >= 4 is 58.8 Å². The van der Waals surface area contributed by atoms with Crippen LogP contribution in [0.2, 0.25) is 20.1 Å². The zero-order valence-electron chi connectivity index (χ0n) is 13.6. The fourth-order valence-electron chi connectivity index (χ4n) is 2.47. The van der Waals surface area contributed by atoms with Gasteiger partial charge in [0.25, 0.3) is 0 Å². The number of halogens is 5. The molecule has 0 spiro atoms. The Balaban J connectivity index is 0.00000243. The summed E-state index contributed by atoms with van der Waals surface area (Å²) in [5.74, 6) is 1.56. The maximum Gasteiger partial charge on any atom is 0.135 e. The summed E-state index contributed by atoms with van der Waals surface area (Å²) in [6.45, 7) is 1.40. The van der Waals surface area contributed by atoms with Gasteiger partial charge in [0.05, 0.1) is 11.6 Å². The number of hydrogen-bond acceptors (Lipinski definition) is 2. The average Bonchev–Trinajstić information content (AvgIpc) is 3.02. The average molecular weight is 452 g/mol. The molecule has 7 heteroatoms. The van der Waals surface area contributed by atoms with Crippen LogP contribution in [0.5, 0.6) is 0 Å². The highest BCUT2D eigenvalue weighted by Crippen LogP contribution is 2.31. The van der Waals surface area contributed by atoms with Crippen LogP contribution in [0, 0.1) is 0 Å². The summed E-state index contributed by atoms with van der Waals surface area (Å²) in [5.41, 5.74) is 1.89. The van der Waals surface area contributed by atoms with E-state index in [2.05, 4.69) is 5.32 Å². The van der Waals surface area contributed by atoms with E-state index in [1.165, 1.54) is 0 Å². The summed E-state index contributed by atoms with van der Waals surface area (Å²) < 4.78 is 5.85. The minimum atomic E-state index is 0. The number of rotatable bonds is 6. The van der Waals surface area contributed by atoms with E-state index in [1.807, 2.05) is 30.3 Å². The molecule has 0 aliphatic heterocycles. The molecule has 1 N–H and O–H groups in total. The Morgan fingerprint density at radius 2 is 1.50 bits per heavy atom. The van der Waals surface area contributed by atoms with Gasteiger partial charge in [-0.25, -0.2) is 0 Å². The van der Waals surface area contributed by atoms with Crippen molar-refractivity contribution in [1.29, 1.82) is 0 Å². The summed E-state index contributed by atoms with van der Waals surface area (Å²) in [6.07, 6.45) is 0.812. The Morgan fingerprint density at radius 1 is 0.808 bits per heavy atom. The zero-order chi connectivity index (χ0) is 17.8. The van der Waals surface area contributed by atoms with Gasteiger partial charge in [-0.2, -0.15) is 0 Å². The second kappa shape index (κ2) is 9.89. The van der Waals surface area contributed by atoms with Gasteiger partial charge in [0, 0.05) is 20.6 Å². The normalized spacial score (nSPS) is 10.6. The van der Waals surface area contributed by atoms with Gasteiger partial charge in [0.2, 0.25) is 0 Å². The van der Waals surface area contributed by atoms with Crippen LogP contribution in [0.3, 0.4) is 0 Å². The van der Waals surface area contributed by atoms with Gasteiger partial charge >= 0.3 is 0 Å². The standard InChI is InChI=1S/C19H15Cl4NO.ClH/c20-13-2-1-12(17(22)9-13)7-8-24-11-15-4-6-19(25-15)16-5-3-14(21)10-18(16)23;/h1-6,9-10,24H,7-8,11H2;1H. The Morgan fingerprint density at radius 3 is 2.19 bits per heavy atom. The summed E-state index contributed by atoms with van der Waals surface area (Å²) in [5, 5.41) is 5.84. The second-order valence-electron chi connectivity index (χ2n) is 5.55. The van der Waals surface area contributed by atoms with E-state index < -0.39 is 0 Å². The fraction of sp³-hybridized carbons (Fsp3) is 0.158. The minimum Gasteiger partial charge on any atom is -0.460 e. The molecule has 1 aromatic heterocycles. The van der Waals surface area contributed by atoms with Crippen molar-refractivity contribution in [3.63, 3.8) is 0 Å². The van der Waals surface area contributed by atoms with Gasteiger partial charge in [-0.05, 0) is 61.0 Å². The van der Waals surface area contributed by atoms with Crippen molar-refractivity contribution in [2.75, 3.05) is 6.54 Å². The molecule has 2 aromatic carbocycles. The first-order valence-electron chi connectivity index (χ1n) is 7.72. The van der Waals surface area contributed by atoms with Gasteiger partial charge in [-0.15, -0.1) is 12.4 Å². The van der Waals surface area contributed by atoms with E-state index in [1.54, 1.807) is 18.2 Å². The van der Waals surface area contributed by atoms with E-state index >= 15 is 0 Å². The molecule has 3 aromatic rings. The van der Waals surface area contributed by atoms with Crippen LogP contribution in [0.1, 0.15) is 11.3 Å². The lowest BCUT2D eigenvalue weighted by Crippen LogP contribution is -2.16. The van der Waals surface area contributed by atoms with E-state index in [9.17, 15) is 0 Å².